The summed E-state index contributed by atoms with van der Waals surface area (Å²) in [5.41, 5.74) is 0.695. The Hall–Kier alpha value is -1.69. The van der Waals surface area contributed by atoms with Gasteiger partial charge in [-0.2, -0.15) is 0 Å². The summed E-state index contributed by atoms with van der Waals surface area (Å²) in [5.74, 6) is 0.508. The summed E-state index contributed by atoms with van der Waals surface area (Å²) in [6, 6.07) is 0. The molecule has 0 bridgehead atoms. The van der Waals surface area contributed by atoms with E-state index in [1.165, 1.54) is 0 Å². The topological polar surface area (TPSA) is 68.8 Å². The number of aliphatic hydroxyl groups is 1. The lowest BCUT2D eigenvalue weighted by Crippen LogP contribution is -2.10. The summed E-state index contributed by atoms with van der Waals surface area (Å²) in [4.78, 5) is 3.93. The van der Waals surface area contributed by atoms with Crippen LogP contribution in [-0.4, -0.2) is 29.4 Å². The van der Waals surface area contributed by atoms with Gasteiger partial charge in [0.15, 0.2) is 11.9 Å². The Balaban J connectivity index is 2.38. The summed E-state index contributed by atoms with van der Waals surface area (Å²) in [6.07, 6.45) is 4.01. The lowest BCUT2D eigenvalue weighted by Gasteiger charge is -2.09. The molecule has 6 nitrogen and oxygen atoms in total. The van der Waals surface area contributed by atoms with Crippen molar-refractivity contribution < 1.29 is 5.11 Å². The fourth-order valence-corrected chi connectivity index (χ4v) is 1.30. The molecule has 1 N–H and O–H groups in total. The first-order chi connectivity index (χ1) is 6.70. The van der Waals surface area contributed by atoms with Crippen molar-refractivity contribution in [1.82, 2.24) is 24.3 Å². The third-order valence-electron chi connectivity index (χ3n) is 2.13. The Morgan fingerprint density at radius 1 is 1.29 bits per heavy atom. The Bertz CT molecular complexity index is 392. The SMILES string of the molecule is Cn1cncc1C(O)c1nncn1C. The van der Waals surface area contributed by atoms with Gasteiger partial charge in [-0.15, -0.1) is 10.2 Å². The Morgan fingerprint density at radius 3 is 2.57 bits per heavy atom. The molecule has 6 heteroatoms. The van der Waals surface area contributed by atoms with Crippen molar-refractivity contribution in [2.45, 2.75) is 6.10 Å². The summed E-state index contributed by atoms with van der Waals surface area (Å²) in [7, 11) is 3.61. The maximum Gasteiger partial charge on any atom is 0.167 e. The van der Waals surface area contributed by atoms with Crippen LogP contribution in [0.3, 0.4) is 0 Å². The molecule has 2 aromatic rings. The highest BCUT2D eigenvalue weighted by Gasteiger charge is 2.18. The van der Waals surface area contributed by atoms with Crippen molar-refractivity contribution >= 4 is 0 Å². The van der Waals surface area contributed by atoms with E-state index < -0.39 is 6.10 Å². The fourth-order valence-electron chi connectivity index (χ4n) is 1.30. The van der Waals surface area contributed by atoms with Crippen LogP contribution in [0.5, 0.6) is 0 Å². The van der Waals surface area contributed by atoms with Gasteiger partial charge >= 0.3 is 0 Å². The lowest BCUT2D eigenvalue weighted by atomic mass is 10.2. The molecule has 1 unspecified atom stereocenters. The fraction of sp³-hybridized carbons (Fsp3) is 0.375. The molecule has 0 radical (unpaired) electrons. The molecule has 0 aliphatic rings. The van der Waals surface area contributed by atoms with Crippen LogP contribution in [0.1, 0.15) is 17.6 Å². The van der Waals surface area contributed by atoms with Crippen LogP contribution in [0.4, 0.5) is 0 Å². The van der Waals surface area contributed by atoms with Crippen molar-refractivity contribution in [1.29, 1.82) is 0 Å². The largest absolute Gasteiger partial charge is 0.379 e. The Labute approximate surface area is 80.8 Å². The predicted molar refractivity (Wildman–Crippen MR) is 48.3 cm³/mol. The van der Waals surface area contributed by atoms with E-state index in [0.717, 1.165) is 0 Å². The smallest absolute Gasteiger partial charge is 0.167 e. The monoisotopic (exact) mass is 193 g/mol. The first kappa shape index (κ1) is 8.89. The number of nitrogens with zero attached hydrogens (tertiary/aromatic N) is 5. The number of aryl methyl sites for hydroxylation is 2. The van der Waals surface area contributed by atoms with Crippen molar-refractivity contribution in [3.63, 3.8) is 0 Å². The first-order valence-electron chi connectivity index (χ1n) is 4.18. The molecule has 2 heterocycles. The zero-order valence-electron chi connectivity index (χ0n) is 7.99. The van der Waals surface area contributed by atoms with Gasteiger partial charge in [-0.1, -0.05) is 0 Å². The molecule has 14 heavy (non-hydrogen) atoms. The summed E-state index contributed by atoms with van der Waals surface area (Å²) in [5, 5.41) is 17.5. The van der Waals surface area contributed by atoms with E-state index in [9.17, 15) is 5.11 Å². The molecule has 0 fully saturated rings. The van der Waals surface area contributed by atoms with Crippen LogP contribution in [0.15, 0.2) is 18.9 Å². The number of aromatic nitrogens is 5. The molecule has 0 spiro atoms. The molecule has 1 atom stereocenters. The maximum atomic E-state index is 9.95. The summed E-state index contributed by atoms with van der Waals surface area (Å²) >= 11 is 0. The van der Waals surface area contributed by atoms with Gasteiger partial charge < -0.3 is 14.2 Å². The van der Waals surface area contributed by atoms with E-state index in [1.54, 1.807) is 35.0 Å². The van der Waals surface area contributed by atoms with Gasteiger partial charge in [-0.05, 0) is 0 Å². The van der Waals surface area contributed by atoms with E-state index in [0.29, 0.717) is 11.5 Å². The van der Waals surface area contributed by atoms with E-state index >= 15 is 0 Å². The zero-order chi connectivity index (χ0) is 10.1. The normalized spacial score (nSPS) is 13.1. The highest BCUT2D eigenvalue weighted by molar-refractivity contribution is 5.11. The van der Waals surface area contributed by atoms with Gasteiger partial charge in [-0.3, -0.25) is 0 Å². The molecule has 0 aromatic carbocycles. The molecule has 2 aromatic heterocycles. The van der Waals surface area contributed by atoms with Crippen molar-refractivity contribution in [3.8, 4) is 0 Å². The molecular formula is C8H11N5O. The highest BCUT2D eigenvalue weighted by Crippen LogP contribution is 2.17. The maximum absolute atomic E-state index is 9.95. The minimum atomic E-state index is -0.782. The van der Waals surface area contributed by atoms with Gasteiger partial charge in [0, 0.05) is 14.1 Å². The third-order valence-corrected chi connectivity index (χ3v) is 2.13. The van der Waals surface area contributed by atoms with Crippen molar-refractivity contribution in [2.24, 2.45) is 14.1 Å². The number of hydrogen-bond acceptors (Lipinski definition) is 4. The number of rotatable bonds is 2. The molecule has 0 aliphatic heterocycles. The van der Waals surface area contributed by atoms with Gasteiger partial charge in [0.1, 0.15) is 6.33 Å². The van der Waals surface area contributed by atoms with Gasteiger partial charge in [0.2, 0.25) is 0 Å². The summed E-state index contributed by atoms with van der Waals surface area (Å²) < 4.78 is 3.43. The predicted octanol–water partition coefficient (Wildman–Crippen LogP) is -0.370. The third kappa shape index (κ3) is 1.29. The van der Waals surface area contributed by atoms with Crippen LogP contribution >= 0.6 is 0 Å². The highest BCUT2D eigenvalue weighted by atomic mass is 16.3. The van der Waals surface area contributed by atoms with E-state index in [2.05, 4.69) is 15.2 Å². The minimum absolute atomic E-state index is 0.508. The van der Waals surface area contributed by atoms with Crippen LogP contribution in [0.25, 0.3) is 0 Å². The van der Waals surface area contributed by atoms with Crippen molar-refractivity contribution in [3.05, 3.63) is 30.4 Å². The first-order valence-corrected chi connectivity index (χ1v) is 4.18. The minimum Gasteiger partial charge on any atom is -0.379 e. The van der Waals surface area contributed by atoms with E-state index in [-0.39, 0.29) is 0 Å². The van der Waals surface area contributed by atoms with E-state index in [4.69, 9.17) is 0 Å². The molecule has 0 amide bonds. The molecule has 0 saturated carbocycles. The molecule has 0 saturated heterocycles. The molecule has 74 valence electrons. The number of imidazole rings is 1. The molecule has 2 rings (SSSR count). The average Bonchev–Trinajstić information content (AvgIpc) is 2.73. The quantitative estimate of drug-likeness (QED) is 0.706. The molecule has 0 aliphatic carbocycles. The Morgan fingerprint density at radius 2 is 2.07 bits per heavy atom. The van der Waals surface area contributed by atoms with E-state index in [1.807, 2.05) is 7.05 Å². The second kappa shape index (κ2) is 3.22. The lowest BCUT2D eigenvalue weighted by molar-refractivity contribution is 0.197. The second-order valence-corrected chi connectivity index (χ2v) is 3.13. The standard InChI is InChI=1S/C8H11N5O/c1-12-4-9-3-6(12)7(14)8-11-10-5-13(8)2/h3-5,7,14H,1-2H3. The van der Waals surface area contributed by atoms with Crippen molar-refractivity contribution in [2.75, 3.05) is 0 Å². The number of aliphatic hydroxyl groups excluding tert-OH is 1. The average molecular weight is 193 g/mol. The van der Waals surface area contributed by atoms with Crippen LogP contribution < -0.4 is 0 Å². The van der Waals surface area contributed by atoms with Gasteiger partial charge in [0.25, 0.3) is 0 Å². The Kier molecular flexibility index (Phi) is 2.05. The van der Waals surface area contributed by atoms with Gasteiger partial charge in [0.05, 0.1) is 18.2 Å². The zero-order valence-corrected chi connectivity index (χ0v) is 7.99. The second-order valence-electron chi connectivity index (χ2n) is 3.13. The van der Waals surface area contributed by atoms with Crippen LogP contribution in [-0.2, 0) is 14.1 Å². The summed E-state index contributed by atoms with van der Waals surface area (Å²) in [6.45, 7) is 0. The number of hydrogen-bond donors (Lipinski definition) is 1. The van der Waals surface area contributed by atoms with Crippen LogP contribution in [0.2, 0.25) is 0 Å². The van der Waals surface area contributed by atoms with Gasteiger partial charge in [-0.25, -0.2) is 4.98 Å². The molecular weight excluding hydrogens is 182 g/mol. The van der Waals surface area contributed by atoms with Crippen LogP contribution in [0, 0.1) is 0 Å².